The number of aryl methyl sites for hydroxylation is 2. The number of likely N-dealkylation sites (N-methyl/N-ethyl adjacent to an activating group) is 1. The van der Waals surface area contributed by atoms with Crippen LogP contribution in [-0.2, 0) is 6.42 Å². The molecule has 5 nitrogen and oxygen atoms in total. The number of nitrogen functional groups attached to an aromatic ring is 1. The molecule has 0 aliphatic heterocycles. The Balaban J connectivity index is 2.17. The third-order valence-electron chi connectivity index (χ3n) is 3.44. The minimum atomic E-state index is 0.540. The summed E-state index contributed by atoms with van der Waals surface area (Å²) >= 11 is 0. The molecule has 0 spiro atoms. The van der Waals surface area contributed by atoms with Crippen molar-refractivity contribution >= 4 is 17.5 Å². The van der Waals surface area contributed by atoms with E-state index in [0.717, 1.165) is 35.3 Å². The summed E-state index contributed by atoms with van der Waals surface area (Å²) in [5.41, 5.74) is 10.4. The largest absolute Gasteiger partial charge is 0.383 e. The Labute approximate surface area is 126 Å². The maximum absolute atomic E-state index is 6.03. The van der Waals surface area contributed by atoms with Crippen LogP contribution >= 0.6 is 0 Å². The molecule has 1 aromatic carbocycles. The highest BCUT2D eigenvalue weighted by Crippen LogP contribution is 2.23. The van der Waals surface area contributed by atoms with E-state index in [-0.39, 0.29) is 0 Å². The first-order valence-electron chi connectivity index (χ1n) is 7.06. The van der Waals surface area contributed by atoms with Crippen LogP contribution in [-0.4, -0.2) is 35.5 Å². The predicted molar refractivity (Wildman–Crippen MR) is 87.9 cm³/mol. The fourth-order valence-electron chi connectivity index (χ4n) is 2.14. The number of nitrogens with one attached hydrogen (secondary N) is 1. The molecule has 0 amide bonds. The van der Waals surface area contributed by atoms with Crippen molar-refractivity contribution < 1.29 is 0 Å². The van der Waals surface area contributed by atoms with Crippen LogP contribution in [0.3, 0.4) is 0 Å². The number of hydrogen-bond donors (Lipinski definition) is 2. The minimum absolute atomic E-state index is 0.540. The molecule has 112 valence electrons. The molecule has 0 radical (unpaired) electrons. The molecule has 3 N–H and O–H groups in total. The van der Waals surface area contributed by atoms with Crippen LogP contribution in [0.25, 0.3) is 0 Å². The standard InChI is InChI=1S/C16H23N5/c1-11-6-5-7-12(2)14(11)19-16-18-10-13(15(17)20-16)8-9-21(3)4/h5-7,10H,8-9H2,1-4H3,(H3,17,18,19,20). The molecule has 0 atom stereocenters. The quantitative estimate of drug-likeness (QED) is 0.883. The summed E-state index contributed by atoms with van der Waals surface area (Å²) in [5, 5.41) is 3.26. The first-order valence-corrected chi connectivity index (χ1v) is 7.06. The zero-order valence-corrected chi connectivity index (χ0v) is 13.1. The molecule has 0 bridgehead atoms. The Morgan fingerprint density at radius 1 is 1.19 bits per heavy atom. The smallest absolute Gasteiger partial charge is 0.229 e. The molecular formula is C16H23N5. The first kappa shape index (κ1) is 15.3. The lowest BCUT2D eigenvalue weighted by atomic mass is 10.1. The van der Waals surface area contributed by atoms with E-state index in [4.69, 9.17) is 5.73 Å². The topological polar surface area (TPSA) is 67.1 Å². The molecule has 1 aromatic heterocycles. The molecule has 2 rings (SSSR count). The molecule has 0 saturated heterocycles. The molecule has 0 aliphatic rings. The van der Waals surface area contributed by atoms with Gasteiger partial charge in [0.15, 0.2) is 0 Å². The summed E-state index contributed by atoms with van der Waals surface area (Å²) in [6.07, 6.45) is 2.66. The predicted octanol–water partition coefficient (Wildman–Crippen LogP) is 2.52. The van der Waals surface area contributed by atoms with Gasteiger partial charge in [0.1, 0.15) is 5.82 Å². The molecule has 21 heavy (non-hydrogen) atoms. The van der Waals surface area contributed by atoms with Gasteiger partial charge < -0.3 is 16.0 Å². The van der Waals surface area contributed by atoms with Crippen molar-refractivity contribution in [3.05, 3.63) is 41.1 Å². The van der Waals surface area contributed by atoms with Gasteiger partial charge in [-0.1, -0.05) is 18.2 Å². The van der Waals surface area contributed by atoms with Gasteiger partial charge in [-0.25, -0.2) is 4.98 Å². The Hall–Kier alpha value is -2.14. The Morgan fingerprint density at radius 2 is 1.86 bits per heavy atom. The summed E-state index contributed by atoms with van der Waals surface area (Å²) in [5.74, 6) is 1.08. The van der Waals surface area contributed by atoms with Gasteiger partial charge in [-0.3, -0.25) is 0 Å². The lowest BCUT2D eigenvalue weighted by Gasteiger charge is -2.13. The summed E-state index contributed by atoms with van der Waals surface area (Å²) < 4.78 is 0. The highest BCUT2D eigenvalue weighted by molar-refractivity contribution is 5.63. The number of aromatic nitrogens is 2. The Bertz CT molecular complexity index is 602. The number of para-hydroxylation sites is 1. The molecule has 2 aromatic rings. The van der Waals surface area contributed by atoms with E-state index in [0.29, 0.717) is 11.8 Å². The van der Waals surface area contributed by atoms with Crippen molar-refractivity contribution in [2.45, 2.75) is 20.3 Å². The van der Waals surface area contributed by atoms with E-state index < -0.39 is 0 Å². The van der Waals surface area contributed by atoms with E-state index >= 15 is 0 Å². The molecule has 0 aliphatic carbocycles. The van der Waals surface area contributed by atoms with E-state index in [2.05, 4.69) is 46.2 Å². The van der Waals surface area contributed by atoms with Crippen molar-refractivity contribution in [2.24, 2.45) is 0 Å². The van der Waals surface area contributed by atoms with Crippen LogP contribution in [0, 0.1) is 13.8 Å². The minimum Gasteiger partial charge on any atom is -0.383 e. The lowest BCUT2D eigenvalue weighted by molar-refractivity contribution is 0.413. The van der Waals surface area contributed by atoms with Gasteiger partial charge in [0, 0.05) is 24.0 Å². The highest BCUT2D eigenvalue weighted by atomic mass is 15.1. The third kappa shape index (κ3) is 3.92. The Kier molecular flexibility index (Phi) is 4.75. The first-order chi connectivity index (χ1) is 9.97. The van der Waals surface area contributed by atoms with Gasteiger partial charge in [-0.15, -0.1) is 0 Å². The van der Waals surface area contributed by atoms with Crippen LogP contribution in [0.5, 0.6) is 0 Å². The van der Waals surface area contributed by atoms with Crippen molar-refractivity contribution in [3.63, 3.8) is 0 Å². The third-order valence-corrected chi connectivity index (χ3v) is 3.44. The van der Waals surface area contributed by atoms with Crippen LogP contribution in [0.4, 0.5) is 17.5 Å². The fraction of sp³-hybridized carbons (Fsp3) is 0.375. The van der Waals surface area contributed by atoms with E-state index in [1.807, 2.05) is 26.4 Å². The highest BCUT2D eigenvalue weighted by Gasteiger charge is 2.07. The summed E-state index contributed by atoms with van der Waals surface area (Å²) in [7, 11) is 4.07. The second-order valence-electron chi connectivity index (χ2n) is 5.55. The average Bonchev–Trinajstić information content (AvgIpc) is 2.42. The molecule has 5 heteroatoms. The lowest BCUT2D eigenvalue weighted by Crippen LogP contribution is -2.16. The van der Waals surface area contributed by atoms with Gasteiger partial charge in [0.05, 0.1) is 0 Å². The van der Waals surface area contributed by atoms with Gasteiger partial charge >= 0.3 is 0 Å². The monoisotopic (exact) mass is 285 g/mol. The average molecular weight is 285 g/mol. The van der Waals surface area contributed by atoms with Gasteiger partial charge in [-0.2, -0.15) is 4.98 Å². The zero-order valence-electron chi connectivity index (χ0n) is 13.1. The summed E-state index contributed by atoms with van der Waals surface area (Å²) in [4.78, 5) is 10.9. The number of rotatable bonds is 5. The number of anilines is 3. The van der Waals surface area contributed by atoms with Crippen LogP contribution in [0.1, 0.15) is 16.7 Å². The van der Waals surface area contributed by atoms with Gasteiger partial charge in [0.2, 0.25) is 5.95 Å². The van der Waals surface area contributed by atoms with Crippen LogP contribution < -0.4 is 11.1 Å². The maximum Gasteiger partial charge on any atom is 0.229 e. The zero-order chi connectivity index (χ0) is 15.4. The van der Waals surface area contributed by atoms with Gasteiger partial charge in [-0.05, 0) is 45.5 Å². The number of nitrogens with two attached hydrogens (primary N) is 1. The van der Waals surface area contributed by atoms with E-state index in [1.54, 1.807) is 0 Å². The van der Waals surface area contributed by atoms with E-state index in [9.17, 15) is 0 Å². The molecule has 0 fully saturated rings. The number of nitrogens with zero attached hydrogens (tertiary/aromatic N) is 3. The second-order valence-corrected chi connectivity index (χ2v) is 5.55. The van der Waals surface area contributed by atoms with Crippen molar-refractivity contribution in [1.29, 1.82) is 0 Å². The second kappa shape index (κ2) is 6.54. The van der Waals surface area contributed by atoms with Crippen molar-refractivity contribution in [1.82, 2.24) is 14.9 Å². The maximum atomic E-state index is 6.03. The molecule has 0 saturated carbocycles. The van der Waals surface area contributed by atoms with Crippen molar-refractivity contribution in [3.8, 4) is 0 Å². The summed E-state index contributed by atoms with van der Waals surface area (Å²) in [6, 6.07) is 6.16. The Morgan fingerprint density at radius 3 is 2.43 bits per heavy atom. The fourth-order valence-corrected chi connectivity index (χ4v) is 2.14. The molecule has 1 heterocycles. The van der Waals surface area contributed by atoms with E-state index in [1.165, 1.54) is 0 Å². The SMILES string of the molecule is Cc1cccc(C)c1Nc1ncc(CCN(C)C)c(N)n1. The van der Waals surface area contributed by atoms with Crippen LogP contribution in [0.2, 0.25) is 0 Å². The van der Waals surface area contributed by atoms with Crippen LogP contribution in [0.15, 0.2) is 24.4 Å². The molecular weight excluding hydrogens is 262 g/mol. The normalized spacial score (nSPS) is 10.9. The van der Waals surface area contributed by atoms with Crippen molar-refractivity contribution in [2.75, 3.05) is 31.7 Å². The number of hydrogen-bond acceptors (Lipinski definition) is 5. The number of benzene rings is 1. The molecule has 0 unspecified atom stereocenters. The van der Waals surface area contributed by atoms with Gasteiger partial charge in [0.25, 0.3) is 0 Å². The summed E-state index contributed by atoms with van der Waals surface area (Å²) in [6.45, 7) is 5.05.